The van der Waals surface area contributed by atoms with Crippen LogP contribution in [0, 0.1) is 0 Å². The molecule has 0 radical (unpaired) electrons. The van der Waals surface area contributed by atoms with Crippen LogP contribution in [0.15, 0.2) is 60.8 Å². The van der Waals surface area contributed by atoms with Gasteiger partial charge in [0.2, 0.25) is 0 Å². The third-order valence-electron chi connectivity index (χ3n) is 3.71. The van der Waals surface area contributed by atoms with Crippen molar-refractivity contribution in [3.8, 4) is 0 Å². The summed E-state index contributed by atoms with van der Waals surface area (Å²) in [5.74, 6) is -0.328. The topological polar surface area (TPSA) is 80.1 Å². The van der Waals surface area contributed by atoms with Crippen LogP contribution in [0.4, 0.5) is 0 Å². The van der Waals surface area contributed by atoms with Gasteiger partial charge in [0.25, 0.3) is 5.91 Å². The normalized spacial score (nSPS) is 12.2. The molecule has 0 spiro atoms. The second kappa shape index (κ2) is 7.09. The molecule has 23 heavy (non-hydrogen) atoms. The molecule has 118 valence electrons. The number of carbonyl (C=O) groups is 1. The van der Waals surface area contributed by atoms with Crippen molar-refractivity contribution in [3.63, 3.8) is 0 Å². The van der Waals surface area contributed by atoms with Crippen molar-refractivity contribution in [2.45, 2.75) is 19.1 Å². The molecule has 1 heterocycles. The van der Waals surface area contributed by atoms with Gasteiger partial charge in [0, 0.05) is 17.1 Å². The first-order valence-corrected chi connectivity index (χ1v) is 7.50. The Balaban J connectivity index is 1.53. The maximum absolute atomic E-state index is 12.0. The second-order valence-electron chi connectivity index (χ2n) is 5.41. The molecule has 4 N–H and O–H groups in total. The lowest BCUT2D eigenvalue weighted by Crippen LogP contribution is -2.41. The number of aromatic amines is 1. The van der Waals surface area contributed by atoms with Gasteiger partial charge in [-0.05, 0) is 23.6 Å². The zero-order valence-electron chi connectivity index (χ0n) is 12.7. The summed E-state index contributed by atoms with van der Waals surface area (Å²) in [7, 11) is 0. The Morgan fingerprint density at radius 2 is 1.87 bits per heavy atom. The number of nitrogens with two attached hydrogens (primary N) is 1. The lowest BCUT2D eigenvalue weighted by atomic mass is 10.1. The first-order valence-electron chi connectivity index (χ1n) is 7.50. The molecule has 1 amide bonds. The Kier molecular flexibility index (Phi) is 4.71. The fourth-order valence-corrected chi connectivity index (χ4v) is 2.47. The number of rotatable bonds is 6. The van der Waals surface area contributed by atoms with E-state index in [1.807, 2.05) is 60.8 Å². The highest BCUT2D eigenvalue weighted by Gasteiger charge is 2.16. The molecule has 1 atom stereocenters. The van der Waals surface area contributed by atoms with E-state index in [2.05, 4.69) is 10.5 Å². The zero-order chi connectivity index (χ0) is 16.1. The number of hydrogen-bond donors (Lipinski definition) is 3. The average Bonchev–Trinajstić information content (AvgIpc) is 2.99. The average molecular weight is 309 g/mol. The van der Waals surface area contributed by atoms with Crippen molar-refractivity contribution in [2.24, 2.45) is 5.73 Å². The summed E-state index contributed by atoms with van der Waals surface area (Å²) in [6.45, 7) is 0.312. The molecule has 0 aliphatic rings. The molecule has 0 aliphatic carbocycles. The van der Waals surface area contributed by atoms with Gasteiger partial charge in [0.05, 0.1) is 12.6 Å². The molecular formula is C18H19N3O2. The highest BCUT2D eigenvalue weighted by molar-refractivity contribution is 5.85. The van der Waals surface area contributed by atoms with Crippen LogP contribution in [0.2, 0.25) is 0 Å². The van der Waals surface area contributed by atoms with Gasteiger partial charge >= 0.3 is 0 Å². The number of amides is 1. The van der Waals surface area contributed by atoms with Crippen molar-refractivity contribution in [1.29, 1.82) is 0 Å². The van der Waals surface area contributed by atoms with Crippen molar-refractivity contribution in [3.05, 3.63) is 71.9 Å². The first-order chi connectivity index (χ1) is 11.2. The number of aromatic nitrogens is 1. The van der Waals surface area contributed by atoms with Gasteiger partial charge in [-0.15, -0.1) is 0 Å². The van der Waals surface area contributed by atoms with E-state index in [1.165, 1.54) is 0 Å². The van der Waals surface area contributed by atoms with Crippen LogP contribution < -0.4 is 11.2 Å². The molecule has 0 saturated heterocycles. The zero-order valence-corrected chi connectivity index (χ0v) is 12.7. The minimum atomic E-state index is -0.662. The quantitative estimate of drug-likeness (QED) is 0.611. The third kappa shape index (κ3) is 3.77. The van der Waals surface area contributed by atoms with Crippen molar-refractivity contribution >= 4 is 16.8 Å². The van der Waals surface area contributed by atoms with E-state index in [9.17, 15) is 4.79 Å². The number of benzene rings is 2. The molecule has 5 nitrogen and oxygen atoms in total. The molecule has 5 heteroatoms. The Hall–Kier alpha value is -2.63. The number of hydrogen-bond acceptors (Lipinski definition) is 3. The number of hydroxylamine groups is 1. The lowest BCUT2D eigenvalue weighted by Gasteiger charge is -2.12. The summed E-state index contributed by atoms with van der Waals surface area (Å²) in [6, 6.07) is 16.9. The van der Waals surface area contributed by atoms with Gasteiger partial charge in [-0.25, -0.2) is 5.48 Å². The Morgan fingerprint density at radius 1 is 1.13 bits per heavy atom. The predicted molar refractivity (Wildman–Crippen MR) is 89.4 cm³/mol. The highest BCUT2D eigenvalue weighted by atomic mass is 16.6. The lowest BCUT2D eigenvalue weighted by molar-refractivity contribution is -0.135. The maximum atomic E-state index is 12.0. The van der Waals surface area contributed by atoms with E-state index in [4.69, 9.17) is 10.6 Å². The standard InChI is InChI=1S/C18H19N3O2/c19-16(10-14-11-20-17-9-5-4-8-15(14)17)18(22)21-23-12-13-6-2-1-3-7-13/h1-9,11,16,20H,10,12,19H2,(H,21,22)/t16-/m0/s1. The van der Waals surface area contributed by atoms with E-state index in [-0.39, 0.29) is 5.91 Å². The van der Waals surface area contributed by atoms with E-state index in [0.29, 0.717) is 13.0 Å². The molecule has 0 fully saturated rings. The molecule has 0 aliphatic heterocycles. The Labute approximate surface area is 134 Å². The maximum Gasteiger partial charge on any atom is 0.260 e. The number of fused-ring (bicyclic) bond motifs is 1. The molecule has 2 aromatic carbocycles. The molecule has 3 rings (SSSR count). The first kappa shape index (κ1) is 15.3. The minimum absolute atomic E-state index is 0.312. The highest BCUT2D eigenvalue weighted by Crippen LogP contribution is 2.18. The van der Waals surface area contributed by atoms with Crippen molar-refractivity contribution < 1.29 is 9.63 Å². The molecule has 3 aromatic rings. The minimum Gasteiger partial charge on any atom is -0.361 e. The molecular weight excluding hydrogens is 290 g/mol. The summed E-state index contributed by atoms with van der Waals surface area (Å²) < 4.78 is 0. The van der Waals surface area contributed by atoms with Gasteiger partial charge in [-0.2, -0.15) is 0 Å². The van der Waals surface area contributed by atoms with E-state index >= 15 is 0 Å². The monoisotopic (exact) mass is 309 g/mol. The van der Waals surface area contributed by atoms with E-state index in [1.54, 1.807) is 0 Å². The molecule has 0 unspecified atom stereocenters. The van der Waals surface area contributed by atoms with Gasteiger partial charge in [0.1, 0.15) is 0 Å². The summed E-state index contributed by atoms with van der Waals surface area (Å²) in [5, 5.41) is 1.08. The van der Waals surface area contributed by atoms with Crippen molar-refractivity contribution in [1.82, 2.24) is 10.5 Å². The van der Waals surface area contributed by atoms with Crippen LogP contribution in [0.25, 0.3) is 10.9 Å². The SMILES string of the molecule is N[C@@H](Cc1c[nH]c2ccccc12)C(=O)NOCc1ccccc1. The molecule has 1 aromatic heterocycles. The van der Waals surface area contributed by atoms with Crippen LogP contribution in [0.1, 0.15) is 11.1 Å². The smallest absolute Gasteiger partial charge is 0.260 e. The Bertz CT molecular complexity index is 783. The summed E-state index contributed by atoms with van der Waals surface area (Å²) >= 11 is 0. The van der Waals surface area contributed by atoms with E-state index in [0.717, 1.165) is 22.0 Å². The van der Waals surface area contributed by atoms with Gasteiger partial charge in [-0.3, -0.25) is 9.63 Å². The van der Waals surface area contributed by atoms with Crippen LogP contribution >= 0.6 is 0 Å². The molecule has 0 bridgehead atoms. The largest absolute Gasteiger partial charge is 0.361 e. The third-order valence-corrected chi connectivity index (χ3v) is 3.71. The predicted octanol–water partition coefficient (Wildman–Crippen LogP) is 2.29. The van der Waals surface area contributed by atoms with Crippen LogP contribution in [0.5, 0.6) is 0 Å². The fraction of sp³-hybridized carbons (Fsp3) is 0.167. The van der Waals surface area contributed by atoms with Crippen LogP contribution in [-0.4, -0.2) is 16.9 Å². The number of nitrogens with one attached hydrogen (secondary N) is 2. The number of H-pyrrole nitrogens is 1. The number of para-hydroxylation sites is 1. The fourth-order valence-electron chi connectivity index (χ4n) is 2.47. The van der Waals surface area contributed by atoms with Gasteiger partial charge in [-0.1, -0.05) is 48.5 Å². The van der Waals surface area contributed by atoms with Gasteiger partial charge < -0.3 is 10.7 Å². The summed E-state index contributed by atoms with van der Waals surface area (Å²) in [4.78, 5) is 20.4. The Morgan fingerprint density at radius 3 is 2.70 bits per heavy atom. The van der Waals surface area contributed by atoms with Gasteiger partial charge in [0.15, 0.2) is 0 Å². The summed E-state index contributed by atoms with van der Waals surface area (Å²) in [5.41, 5.74) is 11.4. The number of carbonyl (C=O) groups excluding carboxylic acids is 1. The van der Waals surface area contributed by atoms with E-state index < -0.39 is 6.04 Å². The second-order valence-corrected chi connectivity index (χ2v) is 5.41. The van der Waals surface area contributed by atoms with Crippen LogP contribution in [-0.2, 0) is 22.7 Å². The summed E-state index contributed by atoms with van der Waals surface area (Å²) in [6.07, 6.45) is 2.34. The van der Waals surface area contributed by atoms with Crippen LogP contribution in [0.3, 0.4) is 0 Å². The molecule has 0 saturated carbocycles. The van der Waals surface area contributed by atoms with Crippen molar-refractivity contribution in [2.75, 3.05) is 0 Å².